The molecule has 0 atom stereocenters. The minimum atomic E-state index is -0.440. The standard InChI is InChI=1S/C36H46N4O5/c1-35(2,3)45-34(41)40-24-36(25-40)20-28(21-36)43-17-7-5-15-42-16-6-8-18-44-33-12-10-27(22-38-33)26-9-11-29-30-23-37-14-13-31(30)39(4)32(29)19-26/h9-14,19,22-23,28H,5-8,15-18,20-21,24-25H2,1-4H3. The first-order chi connectivity index (χ1) is 21.7. The molecule has 45 heavy (non-hydrogen) atoms. The Morgan fingerprint density at radius 3 is 2.36 bits per heavy atom. The molecule has 6 rings (SSSR count). The molecule has 1 saturated heterocycles. The first kappa shape index (κ1) is 31.3. The van der Waals surface area contributed by atoms with Gasteiger partial charge in [-0.2, -0.15) is 0 Å². The van der Waals surface area contributed by atoms with E-state index >= 15 is 0 Å². The van der Waals surface area contributed by atoms with E-state index in [0.29, 0.717) is 18.6 Å². The summed E-state index contributed by atoms with van der Waals surface area (Å²) in [5.74, 6) is 0.645. The van der Waals surface area contributed by atoms with Crippen molar-refractivity contribution >= 4 is 27.9 Å². The van der Waals surface area contributed by atoms with Crippen LogP contribution >= 0.6 is 0 Å². The number of carbonyl (C=O) groups excluding carboxylic acids is 1. The van der Waals surface area contributed by atoms with Gasteiger partial charge < -0.3 is 28.4 Å². The predicted molar refractivity (Wildman–Crippen MR) is 175 cm³/mol. The maximum absolute atomic E-state index is 12.1. The van der Waals surface area contributed by atoms with Crippen LogP contribution < -0.4 is 4.74 Å². The summed E-state index contributed by atoms with van der Waals surface area (Å²) < 4.78 is 25.4. The number of aromatic nitrogens is 3. The van der Waals surface area contributed by atoms with Crippen LogP contribution in [0.15, 0.2) is 55.0 Å². The van der Waals surface area contributed by atoms with Crippen molar-refractivity contribution in [3.05, 3.63) is 55.0 Å². The molecule has 0 bridgehead atoms. The lowest BCUT2D eigenvalue weighted by molar-refractivity contribution is -0.147. The number of fused-ring (bicyclic) bond motifs is 3. The molecule has 2 fully saturated rings. The highest BCUT2D eigenvalue weighted by Gasteiger charge is 2.54. The normalized spacial score (nSPS) is 16.2. The van der Waals surface area contributed by atoms with Gasteiger partial charge in [-0.1, -0.05) is 12.1 Å². The minimum Gasteiger partial charge on any atom is -0.478 e. The van der Waals surface area contributed by atoms with Crippen molar-refractivity contribution < 1.29 is 23.7 Å². The fourth-order valence-electron chi connectivity index (χ4n) is 6.51. The zero-order valence-electron chi connectivity index (χ0n) is 27.1. The van der Waals surface area contributed by atoms with Crippen molar-refractivity contribution in [2.24, 2.45) is 12.5 Å². The van der Waals surface area contributed by atoms with Crippen molar-refractivity contribution in [2.75, 3.05) is 39.5 Å². The van der Waals surface area contributed by atoms with E-state index in [-0.39, 0.29) is 11.5 Å². The van der Waals surface area contributed by atoms with Gasteiger partial charge in [0.05, 0.1) is 18.2 Å². The van der Waals surface area contributed by atoms with Gasteiger partial charge >= 0.3 is 6.09 Å². The molecule has 1 aliphatic heterocycles. The average Bonchev–Trinajstić information content (AvgIpc) is 3.26. The predicted octanol–water partition coefficient (Wildman–Crippen LogP) is 7.16. The minimum absolute atomic E-state index is 0.197. The van der Waals surface area contributed by atoms with Gasteiger partial charge in [-0.05, 0) is 83.1 Å². The number of ether oxygens (including phenoxy) is 4. The molecule has 4 heterocycles. The molecule has 1 saturated carbocycles. The number of hydrogen-bond donors (Lipinski definition) is 0. The first-order valence-corrected chi connectivity index (χ1v) is 16.3. The molecule has 9 nitrogen and oxygen atoms in total. The Morgan fingerprint density at radius 1 is 0.889 bits per heavy atom. The number of carbonyl (C=O) groups is 1. The van der Waals surface area contributed by atoms with Gasteiger partial charge in [0.2, 0.25) is 5.88 Å². The zero-order valence-corrected chi connectivity index (χ0v) is 27.1. The molecule has 1 aliphatic carbocycles. The molecule has 1 amide bonds. The number of hydrogen-bond acceptors (Lipinski definition) is 7. The van der Waals surface area contributed by atoms with Crippen molar-refractivity contribution in [2.45, 2.75) is 71.0 Å². The SMILES string of the molecule is Cn1c2ccncc2c2ccc(-c3ccc(OCCCCOCCCCOC4CC5(C4)CN(C(=O)OC(C)(C)C)C5)nc3)cc21. The van der Waals surface area contributed by atoms with Gasteiger partial charge in [-0.15, -0.1) is 0 Å². The summed E-state index contributed by atoms with van der Waals surface area (Å²) in [5.41, 5.74) is 4.37. The van der Waals surface area contributed by atoms with Crippen LogP contribution in [0.25, 0.3) is 32.9 Å². The van der Waals surface area contributed by atoms with E-state index in [0.717, 1.165) is 82.6 Å². The number of pyridine rings is 2. The molecule has 240 valence electrons. The second-order valence-corrected chi connectivity index (χ2v) is 13.7. The van der Waals surface area contributed by atoms with E-state index in [9.17, 15) is 4.79 Å². The van der Waals surface area contributed by atoms with Gasteiger partial charge in [0.25, 0.3) is 0 Å². The number of amides is 1. The van der Waals surface area contributed by atoms with Crippen LogP contribution in [-0.4, -0.2) is 76.8 Å². The fraction of sp³-hybridized carbons (Fsp3) is 0.528. The molecule has 0 radical (unpaired) electrons. The monoisotopic (exact) mass is 614 g/mol. The summed E-state index contributed by atoms with van der Waals surface area (Å²) in [5, 5.41) is 2.37. The van der Waals surface area contributed by atoms with E-state index in [1.165, 1.54) is 21.8 Å². The highest BCUT2D eigenvalue weighted by molar-refractivity contribution is 6.08. The summed E-state index contributed by atoms with van der Waals surface area (Å²) in [7, 11) is 2.09. The quantitative estimate of drug-likeness (QED) is 0.148. The summed E-state index contributed by atoms with van der Waals surface area (Å²) in [4.78, 5) is 22.8. The third-order valence-electron chi connectivity index (χ3n) is 8.87. The van der Waals surface area contributed by atoms with Gasteiger partial charge in [0, 0.05) is 91.9 Å². The summed E-state index contributed by atoms with van der Waals surface area (Å²) in [6.45, 7) is 10.2. The van der Waals surface area contributed by atoms with Gasteiger partial charge in [-0.3, -0.25) is 4.98 Å². The molecule has 2 aliphatic rings. The molecule has 9 heteroatoms. The lowest BCUT2D eigenvalue weighted by atomic mass is 9.62. The van der Waals surface area contributed by atoms with E-state index < -0.39 is 5.60 Å². The van der Waals surface area contributed by atoms with E-state index in [1.807, 2.05) is 50.3 Å². The van der Waals surface area contributed by atoms with Crippen molar-refractivity contribution in [3.63, 3.8) is 0 Å². The van der Waals surface area contributed by atoms with Crippen LogP contribution in [0.1, 0.15) is 59.3 Å². The third-order valence-corrected chi connectivity index (χ3v) is 8.87. The molecule has 4 aromatic rings. The Labute approximate surface area is 265 Å². The van der Waals surface area contributed by atoms with Crippen molar-refractivity contribution in [1.82, 2.24) is 19.4 Å². The number of nitrogens with zero attached hydrogens (tertiary/aromatic N) is 4. The zero-order chi connectivity index (χ0) is 31.4. The third kappa shape index (κ3) is 7.42. The lowest BCUT2D eigenvalue weighted by Crippen LogP contribution is -2.65. The van der Waals surface area contributed by atoms with Crippen LogP contribution in [0, 0.1) is 5.41 Å². The Bertz CT molecular complexity index is 1600. The maximum Gasteiger partial charge on any atom is 0.410 e. The van der Waals surface area contributed by atoms with Gasteiger partial charge in [0.15, 0.2) is 0 Å². The fourth-order valence-corrected chi connectivity index (χ4v) is 6.51. The van der Waals surface area contributed by atoms with E-state index in [2.05, 4.69) is 51.9 Å². The smallest absolute Gasteiger partial charge is 0.410 e. The molecule has 1 spiro atoms. The number of unbranched alkanes of at least 4 members (excludes halogenated alkanes) is 2. The Balaban J connectivity index is 0.791. The number of aryl methyl sites for hydroxylation is 1. The van der Waals surface area contributed by atoms with Crippen molar-refractivity contribution in [1.29, 1.82) is 0 Å². The van der Waals surface area contributed by atoms with Crippen LogP contribution in [0.2, 0.25) is 0 Å². The maximum atomic E-state index is 12.1. The largest absolute Gasteiger partial charge is 0.478 e. The highest BCUT2D eigenvalue weighted by Crippen LogP contribution is 2.50. The Hall–Kier alpha value is -3.69. The summed E-state index contributed by atoms with van der Waals surface area (Å²) in [6.07, 6.45) is 11.8. The van der Waals surface area contributed by atoms with Crippen LogP contribution in [0.4, 0.5) is 4.79 Å². The number of rotatable bonds is 13. The van der Waals surface area contributed by atoms with Crippen molar-refractivity contribution in [3.8, 4) is 17.0 Å². The summed E-state index contributed by atoms with van der Waals surface area (Å²) >= 11 is 0. The second-order valence-electron chi connectivity index (χ2n) is 13.7. The average molecular weight is 615 g/mol. The second kappa shape index (κ2) is 13.3. The lowest BCUT2D eigenvalue weighted by Gasteiger charge is -2.58. The first-order valence-electron chi connectivity index (χ1n) is 16.3. The van der Waals surface area contributed by atoms with E-state index in [1.54, 1.807) is 0 Å². The number of benzene rings is 1. The van der Waals surface area contributed by atoms with Gasteiger partial charge in [-0.25, -0.2) is 9.78 Å². The van der Waals surface area contributed by atoms with Gasteiger partial charge in [0.1, 0.15) is 5.60 Å². The van der Waals surface area contributed by atoms with E-state index in [4.69, 9.17) is 18.9 Å². The summed E-state index contributed by atoms with van der Waals surface area (Å²) in [6, 6.07) is 12.6. The molecule has 0 N–H and O–H groups in total. The van der Waals surface area contributed by atoms with Crippen LogP contribution in [0.3, 0.4) is 0 Å². The molecule has 0 unspecified atom stereocenters. The Kier molecular flexibility index (Phi) is 9.28. The molecular formula is C36H46N4O5. The highest BCUT2D eigenvalue weighted by atomic mass is 16.6. The van der Waals surface area contributed by atoms with Crippen LogP contribution in [0.5, 0.6) is 5.88 Å². The van der Waals surface area contributed by atoms with Crippen LogP contribution in [-0.2, 0) is 21.3 Å². The molecule has 3 aromatic heterocycles. The molecular weight excluding hydrogens is 568 g/mol. The topological polar surface area (TPSA) is 87.9 Å². The molecule has 1 aromatic carbocycles. The Morgan fingerprint density at radius 2 is 1.62 bits per heavy atom. The number of likely N-dealkylation sites (tertiary alicyclic amines) is 1.